The van der Waals surface area contributed by atoms with E-state index in [0.29, 0.717) is 36.0 Å². The number of hydrogen-bond donors (Lipinski definition) is 2. The molecule has 2 atom stereocenters. The largest absolute Gasteiger partial charge is 0.573 e. The topological polar surface area (TPSA) is 97.6 Å². The maximum absolute atomic E-state index is 12.8. The number of amides is 2. The molecule has 0 saturated carbocycles. The first-order valence-corrected chi connectivity index (χ1v) is 10.4. The lowest BCUT2D eigenvalue weighted by Crippen LogP contribution is -2.50. The van der Waals surface area contributed by atoms with Crippen molar-refractivity contribution in [1.82, 2.24) is 9.88 Å². The van der Waals surface area contributed by atoms with Crippen LogP contribution in [0.4, 0.5) is 18.3 Å². The highest BCUT2D eigenvalue weighted by Gasteiger charge is 2.36. The van der Waals surface area contributed by atoms with E-state index in [1.807, 2.05) is 13.8 Å². The SMILES string of the molecule is CC(C)C[C@@H](N)C(=O)N1CCC[C@H]1C(=O)Nc1nc2ccc(OC(F)(F)F)cc2s1. The van der Waals surface area contributed by atoms with Crippen molar-refractivity contribution in [3.63, 3.8) is 0 Å². The Labute approximate surface area is 175 Å². The lowest BCUT2D eigenvalue weighted by molar-refractivity contribution is -0.274. The van der Waals surface area contributed by atoms with E-state index in [4.69, 9.17) is 5.73 Å². The number of anilines is 1. The average molecular weight is 444 g/mol. The number of aromatic nitrogens is 1. The molecule has 0 bridgehead atoms. The van der Waals surface area contributed by atoms with Gasteiger partial charge in [0.2, 0.25) is 11.8 Å². The Kier molecular flexibility index (Phi) is 6.51. The van der Waals surface area contributed by atoms with E-state index in [2.05, 4.69) is 15.0 Å². The maximum atomic E-state index is 12.8. The van der Waals surface area contributed by atoms with Crippen LogP contribution in [0.3, 0.4) is 0 Å². The van der Waals surface area contributed by atoms with Gasteiger partial charge in [0.05, 0.1) is 16.3 Å². The van der Waals surface area contributed by atoms with Gasteiger partial charge < -0.3 is 20.7 Å². The van der Waals surface area contributed by atoms with Crippen LogP contribution in [-0.2, 0) is 9.59 Å². The number of alkyl halides is 3. The highest BCUT2D eigenvalue weighted by Crippen LogP contribution is 2.32. The Bertz CT molecular complexity index is 931. The Morgan fingerprint density at radius 2 is 2.13 bits per heavy atom. The number of fused-ring (bicyclic) bond motifs is 1. The fourth-order valence-electron chi connectivity index (χ4n) is 3.47. The summed E-state index contributed by atoms with van der Waals surface area (Å²) in [7, 11) is 0. The molecule has 2 amide bonds. The van der Waals surface area contributed by atoms with E-state index in [9.17, 15) is 22.8 Å². The Morgan fingerprint density at radius 3 is 2.80 bits per heavy atom. The summed E-state index contributed by atoms with van der Waals surface area (Å²) in [6, 6.07) is 2.46. The molecular weight excluding hydrogens is 421 g/mol. The van der Waals surface area contributed by atoms with Crippen LogP contribution in [0, 0.1) is 5.92 Å². The molecule has 2 aromatic rings. The van der Waals surface area contributed by atoms with Crippen LogP contribution in [-0.4, -0.2) is 46.7 Å². The Hall–Kier alpha value is -2.40. The molecule has 11 heteroatoms. The monoisotopic (exact) mass is 444 g/mol. The third-order valence-electron chi connectivity index (χ3n) is 4.70. The number of carbonyl (C=O) groups excluding carboxylic acids is 2. The van der Waals surface area contributed by atoms with Gasteiger partial charge in [-0.25, -0.2) is 4.98 Å². The van der Waals surface area contributed by atoms with E-state index < -0.39 is 18.4 Å². The second-order valence-corrected chi connectivity index (χ2v) is 8.64. The molecule has 30 heavy (non-hydrogen) atoms. The quantitative estimate of drug-likeness (QED) is 0.711. The second-order valence-electron chi connectivity index (χ2n) is 7.61. The van der Waals surface area contributed by atoms with Gasteiger partial charge in [-0.1, -0.05) is 25.2 Å². The lowest BCUT2D eigenvalue weighted by Gasteiger charge is -2.27. The molecule has 0 spiro atoms. The van der Waals surface area contributed by atoms with Gasteiger partial charge in [-0.3, -0.25) is 9.59 Å². The van der Waals surface area contributed by atoms with Crippen molar-refractivity contribution in [2.24, 2.45) is 11.7 Å². The molecule has 1 saturated heterocycles. The first-order chi connectivity index (χ1) is 14.0. The predicted octanol–water partition coefficient (Wildman–Crippen LogP) is 3.50. The van der Waals surface area contributed by atoms with Crippen molar-refractivity contribution >= 4 is 38.5 Å². The molecule has 0 unspecified atom stereocenters. The molecule has 1 aromatic carbocycles. The number of halogens is 3. The van der Waals surface area contributed by atoms with E-state index in [1.54, 1.807) is 0 Å². The summed E-state index contributed by atoms with van der Waals surface area (Å²) in [4.78, 5) is 31.1. The third kappa shape index (κ3) is 5.39. The lowest BCUT2D eigenvalue weighted by atomic mass is 10.0. The fraction of sp³-hybridized carbons (Fsp3) is 0.526. The third-order valence-corrected chi connectivity index (χ3v) is 5.64. The standard InChI is InChI=1S/C19H23F3N4O3S/c1-10(2)8-12(23)17(28)26-7-3-4-14(26)16(27)25-18-24-13-6-5-11(9-15(13)30-18)29-19(20,21)22/h5-6,9-10,12,14H,3-4,7-8,23H2,1-2H3,(H,24,25,27)/t12-,14+/m1/s1. The zero-order chi connectivity index (χ0) is 22.1. The molecule has 164 valence electrons. The van der Waals surface area contributed by atoms with Crippen LogP contribution in [0.5, 0.6) is 5.75 Å². The Balaban J connectivity index is 1.70. The van der Waals surface area contributed by atoms with Crippen LogP contribution in [0.15, 0.2) is 18.2 Å². The zero-order valence-electron chi connectivity index (χ0n) is 16.5. The van der Waals surface area contributed by atoms with E-state index in [0.717, 1.165) is 17.4 Å². The second kappa shape index (κ2) is 8.76. The van der Waals surface area contributed by atoms with Crippen molar-refractivity contribution in [2.45, 2.75) is 51.6 Å². The molecule has 7 nitrogen and oxygen atoms in total. The number of hydrogen-bond acceptors (Lipinski definition) is 6. The molecule has 1 aliphatic rings. The number of carbonyl (C=O) groups is 2. The molecule has 2 heterocycles. The summed E-state index contributed by atoms with van der Waals surface area (Å²) >= 11 is 1.03. The highest BCUT2D eigenvalue weighted by atomic mass is 32.1. The van der Waals surface area contributed by atoms with Crippen molar-refractivity contribution in [1.29, 1.82) is 0 Å². The first kappa shape index (κ1) is 22.3. The normalized spacial score (nSPS) is 18.1. The van der Waals surface area contributed by atoms with Gasteiger partial charge in [-0.05, 0) is 37.3 Å². The highest BCUT2D eigenvalue weighted by molar-refractivity contribution is 7.22. The molecule has 3 N–H and O–H groups in total. The van der Waals surface area contributed by atoms with Gasteiger partial charge in [-0.2, -0.15) is 0 Å². The average Bonchev–Trinajstić information content (AvgIpc) is 3.25. The van der Waals surface area contributed by atoms with Gasteiger partial charge in [0, 0.05) is 12.6 Å². The van der Waals surface area contributed by atoms with Crippen molar-refractivity contribution < 1.29 is 27.5 Å². The predicted molar refractivity (Wildman–Crippen MR) is 107 cm³/mol. The number of benzene rings is 1. The van der Waals surface area contributed by atoms with Gasteiger partial charge in [0.1, 0.15) is 11.8 Å². The molecule has 1 fully saturated rings. The molecular formula is C19H23F3N4O3S. The van der Waals surface area contributed by atoms with Crippen LogP contribution in [0.2, 0.25) is 0 Å². The van der Waals surface area contributed by atoms with Gasteiger partial charge in [0.15, 0.2) is 5.13 Å². The van der Waals surface area contributed by atoms with Crippen LogP contribution in [0.25, 0.3) is 10.2 Å². The van der Waals surface area contributed by atoms with Gasteiger partial charge in [-0.15, -0.1) is 13.2 Å². The van der Waals surface area contributed by atoms with Crippen LogP contribution < -0.4 is 15.8 Å². The van der Waals surface area contributed by atoms with Crippen molar-refractivity contribution in [2.75, 3.05) is 11.9 Å². The van der Waals surface area contributed by atoms with Gasteiger partial charge >= 0.3 is 6.36 Å². The minimum absolute atomic E-state index is 0.241. The number of likely N-dealkylation sites (tertiary alicyclic amines) is 1. The van der Waals surface area contributed by atoms with Crippen LogP contribution in [0.1, 0.15) is 33.1 Å². The zero-order valence-corrected chi connectivity index (χ0v) is 17.3. The summed E-state index contributed by atoms with van der Waals surface area (Å²) in [5.41, 5.74) is 6.43. The number of nitrogens with zero attached hydrogens (tertiary/aromatic N) is 2. The van der Waals surface area contributed by atoms with Crippen LogP contribution >= 0.6 is 11.3 Å². The summed E-state index contributed by atoms with van der Waals surface area (Å²) in [5.74, 6) is -0.737. The minimum Gasteiger partial charge on any atom is -0.406 e. The Morgan fingerprint density at radius 1 is 1.40 bits per heavy atom. The first-order valence-electron chi connectivity index (χ1n) is 9.57. The number of ether oxygens (including phenoxy) is 1. The molecule has 1 aliphatic heterocycles. The maximum Gasteiger partial charge on any atom is 0.573 e. The number of rotatable bonds is 6. The summed E-state index contributed by atoms with van der Waals surface area (Å²) in [6.07, 6.45) is -3.05. The number of nitrogens with two attached hydrogens (primary N) is 1. The van der Waals surface area contributed by atoms with E-state index >= 15 is 0 Å². The van der Waals surface area contributed by atoms with E-state index in [-0.39, 0.29) is 28.6 Å². The summed E-state index contributed by atoms with van der Waals surface area (Å²) in [6.45, 7) is 4.40. The number of thiazole rings is 1. The number of nitrogens with one attached hydrogen (secondary N) is 1. The van der Waals surface area contributed by atoms with Crippen molar-refractivity contribution in [3.05, 3.63) is 18.2 Å². The summed E-state index contributed by atoms with van der Waals surface area (Å²) < 4.78 is 41.5. The van der Waals surface area contributed by atoms with Crippen molar-refractivity contribution in [3.8, 4) is 5.75 Å². The summed E-state index contributed by atoms with van der Waals surface area (Å²) in [5, 5.41) is 2.92. The molecule has 3 rings (SSSR count). The molecule has 0 radical (unpaired) electrons. The fourth-order valence-corrected chi connectivity index (χ4v) is 4.37. The smallest absolute Gasteiger partial charge is 0.406 e. The molecule has 0 aliphatic carbocycles. The van der Waals surface area contributed by atoms with E-state index in [1.165, 1.54) is 17.0 Å². The minimum atomic E-state index is -4.79. The van der Waals surface area contributed by atoms with Gasteiger partial charge in [0.25, 0.3) is 0 Å². The molecule has 1 aromatic heterocycles.